The van der Waals surface area contributed by atoms with E-state index in [4.69, 9.17) is 4.55 Å². The number of aryl methyl sites for hydroxylation is 3. The maximum absolute atomic E-state index is 10.5. The van der Waals surface area contributed by atoms with Crippen LogP contribution in [0.5, 0.6) is 0 Å². The lowest BCUT2D eigenvalue weighted by Gasteiger charge is -2.02. The number of benzene rings is 2. The van der Waals surface area contributed by atoms with Gasteiger partial charge in [0.2, 0.25) is 0 Å². The van der Waals surface area contributed by atoms with Crippen molar-refractivity contribution in [3.8, 4) is 0 Å². The van der Waals surface area contributed by atoms with Gasteiger partial charge in [0, 0.05) is 0 Å². The van der Waals surface area contributed by atoms with Crippen molar-refractivity contribution in [2.75, 3.05) is 5.75 Å². The molecule has 1 N–H and O–H groups in total. The molecule has 0 aromatic heterocycles. The third-order valence-corrected chi connectivity index (χ3v) is 4.31. The average Bonchev–Trinajstić information content (AvgIpc) is 2.56. The maximum Gasteiger partial charge on any atom is 0.265 e. The Balaban J connectivity index is 0.000000272. The molecule has 0 saturated heterocycles. The number of hydrogen-bond acceptors (Lipinski definition) is 2. The molecule has 2 rings (SSSR count). The summed E-state index contributed by atoms with van der Waals surface area (Å²) in [4.78, 5) is 0. The van der Waals surface area contributed by atoms with Crippen LogP contribution in [0.25, 0.3) is 0 Å². The van der Waals surface area contributed by atoms with E-state index in [1.165, 1.54) is 24.0 Å². The van der Waals surface area contributed by atoms with Crippen LogP contribution in [-0.4, -0.2) is 18.7 Å². The quantitative estimate of drug-likeness (QED) is 0.737. The Bertz CT molecular complexity index is 662. The zero-order chi connectivity index (χ0) is 17.8. The molecule has 0 atom stereocenters. The minimum absolute atomic E-state index is 0.208. The first-order chi connectivity index (χ1) is 11.4. The van der Waals surface area contributed by atoms with Gasteiger partial charge in [-0.3, -0.25) is 4.55 Å². The highest BCUT2D eigenvalue weighted by Gasteiger charge is 2.04. The van der Waals surface area contributed by atoms with Crippen molar-refractivity contribution < 1.29 is 13.0 Å². The molecule has 0 unspecified atom stereocenters. The van der Waals surface area contributed by atoms with Crippen LogP contribution in [0.15, 0.2) is 54.6 Å². The third kappa shape index (κ3) is 9.48. The van der Waals surface area contributed by atoms with E-state index in [-0.39, 0.29) is 5.75 Å². The van der Waals surface area contributed by atoms with Gasteiger partial charge in [-0.15, -0.1) is 0 Å². The standard InChI is InChI=1S/C11H16O3S.C9H12/c1-2-3-10-4-6-11(7-5-10)8-9-15(12,13)14;1-2-6-9-7-4-3-5-8-9/h4-7H,2-3,8-9H2,1H3,(H,12,13,14);3-5,7-8H,2,6H2,1H3. The zero-order valence-electron chi connectivity index (χ0n) is 14.6. The first kappa shape index (κ1) is 20.4. The Morgan fingerprint density at radius 1 is 0.708 bits per heavy atom. The summed E-state index contributed by atoms with van der Waals surface area (Å²) in [5.41, 5.74) is 3.64. The summed E-state index contributed by atoms with van der Waals surface area (Å²) in [5.74, 6) is -0.208. The highest BCUT2D eigenvalue weighted by atomic mass is 32.2. The van der Waals surface area contributed by atoms with Gasteiger partial charge < -0.3 is 0 Å². The normalized spacial score (nSPS) is 10.8. The van der Waals surface area contributed by atoms with Gasteiger partial charge >= 0.3 is 0 Å². The van der Waals surface area contributed by atoms with Crippen LogP contribution in [-0.2, 0) is 29.4 Å². The van der Waals surface area contributed by atoms with Gasteiger partial charge in [0.15, 0.2) is 0 Å². The molecule has 0 aliphatic heterocycles. The predicted octanol–water partition coefficient (Wildman–Crippen LogP) is 4.71. The van der Waals surface area contributed by atoms with Gasteiger partial charge in [-0.05, 0) is 36.0 Å². The molecule has 0 saturated carbocycles. The molecule has 4 heteroatoms. The Hall–Kier alpha value is -1.65. The van der Waals surface area contributed by atoms with E-state index in [1.807, 2.05) is 24.3 Å². The molecular formula is C20H28O3S. The highest BCUT2D eigenvalue weighted by molar-refractivity contribution is 7.85. The van der Waals surface area contributed by atoms with Crippen LogP contribution in [0.2, 0.25) is 0 Å². The lowest BCUT2D eigenvalue weighted by molar-refractivity contribution is 0.482. The molecule has 24 heavy (non-hydrogen) atoms. The van der Waals surface area contributed by atoms with Crippen molar-refractivity contribution in [1.82, 2.24) is 0 Å². The topological polar surface area (TPSA) is 54.4 Å². The second kappa shape index (κ2) is 11.0. The van der Waals surface area contributed by atoms with Crippen LogP contribution >= 0.6 is 0 Å². The van der Waals surface area contributed by atoms with Gasteiger partial charge in [-0.1, -0.05) is 81.3 Å². The van der Waals surface area contributed by atoms with E-state index in [2.05, 4.69) is 44.2 Å². The Morgan fingerprint density at radius 2 is 1.12 bits per heavy atom. The average molecular weight is 349 g/mol. The Kier molecular flexibility index (Phi) is 9.35. The van der Waals surface area contributed by atoms with Crippen LogP contribution in [0, 0.1) is 0 Å². The van der Waals surface area contributed by atoms with Crippen LogP contribution in [0.4, 0.5) is 0 Å². The second-order valence-corrected chi connectivity index (χ2v) is 7.41. The lowest BCUT2D eigenvalue weighted by atomic mass is 10.1. The largest absolute Gasteiger partial charge is 0.286 e. The number of rotatable bonds is 7. The molecule has 0 bridgehead atoms. The predicted molar refractivity (Wildman–Crippen MR) is 101 cm³/mol. The van der Waals surface area contributed by atoms with Gasteiger partial charge in [-0.25, -0.2) is 0 Å². The molecule has 0 spiro atoms. The van der Waals surface area contributed by atoms with Crippen molar-refractivity contribution in [3.05, 3.63) is 71.3 Å². The molecule has 0 radical (unpaired) electrons. The monoisotopic (exact) mass is 348 g/mol. The van der Waals surface area contributed by atoms with Crippen molar-refractivity contribution in [2.45, 2.75) is 46.0 Å². The lowest BCUT2D eigenvalue weighted by Crippen LogP contribution is -2.06. The molecule has 0 heterocycles. The zero-order valence-corrected chi connectivity index (χ0v) is 15.4. The summed E-state index contributed by atoms with van der Waals surface area (Å²) in [7, 11) is -3.84. The Morgan fingerprint density at radius 3 is 1.54 bits per heavy atom. The summed E-state index contributed by atoms with van der Waals surface area (Å²) >= 11 is 0. The van der Waals surface area contributed by atoms with Crippen LogP contribution < -0.4 is 0 Å². The van der Waals surface area contributed by atoms with E-state index in [9.17, 15) is 8.42 Å². The highest BCUT2D eigenvalue weighted by Crippen LogP contribution is 2.08. The van der Waals surface area contributed by atoms with Gasteiger partial charge in [0.25, 0.3) is 10.1 Å². The SMILES string of the molecule is CCCc1ccc(CCS(=O)(=O)O)cc1.CCCc1ccccc1. The van der Waals surface area contributed by atoms with Crippen molar-refractivity contribution in [1.29, 1.82) is 0 Å². The summed E-state index contributed by atoms with van der Waals surface area (Å²) in [6, 6.07) is 18.4. The van der Waals surface area contributed by atoms with E-state index in [0.717, 1.165) is 18.4 Å². The maximum atomic E-state index is 10.5. The third-order valence-electron chi connectivity index (χ3n) is 3.59. The molecule has 0 amide bonds. The van der Waals surface area contributed by atoms with Crippen molar-refractivity contribution in [2.24, 2.45) is 0 Å². The molecule has 0 aliphatic rings. The van der Waals surface area contributed by atoms with E-state index in [0.29, 0.717) is 6.42 Å². The number of hydrogen-bond donors (Lipinski definition) is 1. The van der Waals surface area contributed by atoms with E-state index < -0.39 is 10.1 Å². The minimum Gasteiger partial charge on any atom is -0.286 e. The van der Waals surface area contributed by atoms with Crippen LogP contribution in [0.1, 0.15) is 43.4 Å². The molecular weight excluding hydrogens is 320 g/mol. The van der Waals surface area contributed by atoms with Crippen molar-refractivity contribution in [3.63, 3.8) is 0 Å². The fourth-order valence-electron chi connectivity index (χ4n) is 2.34. The van der Waals surface area contributed by atoms with Crippen LogP contribution in [0.3, 0.4) is 0 Å². The molecule has 2 aromatic carbocycles. The summed E-state index contributed by atoms with van der Waals surface area (Å²) in [6.45, 7) is 4.32. The molecule has 132 valence electrons. The summed E-state index contributed by atoms with van der Waals surface area (Å²) in [6.07, 6.45) is 4.96. The molecule has 0 fully saturated rings. The smallest absolute Gasteiger partial charge is 0.265 e. The first-order valence-electron chi connectivity index (χ1n) is 8.51. The van der Waals surface area contributed by atoms with E-state index in [1.54, 1.807) is 0 Å². The Labute approximate surface area is 146 Å². The van der Waals surface area contributed by atoms with Gasteiger partial charge in [0.1, 0.15) is 0 Å². The van der Waals surface area contributed by atoms with Gasteiger partial charge in [-0.2, -0.15) is 8.42 Å². The van der Waals surface area contributed by atoms with Crippen molar-refractivity contribution >= 4 is 10.1 Å². The fraction of sp³-hybridized carbons (Fsp3) is 0.400. The summed E-state index contributed by atoms with van der Waals surface area (Å²) < 4.78 is 29.6. The first-order valence-corrected chi connectivity index (χ1v) is 10.1. The fourth-order valence-corrected chi connectivity index (χ4v) is 2.84. The second-order valence-electron chi connectivity index (χ2n) is 5.84. The molecule has 2 aromatic rings. The summed E-state index contributed by atoms with van der Waals surface area (Å²) in [5, 5.41) is 0. The molecule has 0 aliphatic carbocycles. The van der Waals surface area contributed by atoms with E-state index >= 15 is 0 Å². The van der Waals surface area contributed by atoms with Gasteiger partial charge in [0.05, 0.1) is 5.75 Å². The minimum atomic E-state index is -3.84. The molecule has 3 nitrogen and oxygen atoms in total.